The number of rotatable bonds is 4. The molecule has 11 heteroatoms. The third kappa shape index (κ3) is 5.77. The lowest BCUT2D eigenvalue weighted by Gasteiger charge is -2.21. The second-order valence-electron chi connectivity index (χ2n) is 9.88. The van der Waals surface area contributed by atoms with Gasteiger partial charge in [-0.15, -0.1) is 21.5 Å². The molecule has 2 aromatic heterocycles. The van der Waals surface area contributed by atoms with Crippen molar-refractivity contribution in [3.05, 3.63) is 63.0 Å². The summed E-state index contributed by atoms with van der Waals surface area (Å²) in [4.78, 5) is 23.0. The third-order valence-corrected chi connectivity index (χ3v) is 7.05. The number of carbonyl (C=O) groups is 1. The first-order chi connectivity index (χ1) is 18.0. The minimum Gasteiger partial charge on any atom is -0.460 e. The van der Waals surface area contributed by atoms with Crippen LogP contribution in [-0.4, -0.2) is 49.8 Å². The molecule has 0 spiro atoms. The van der Waals surface area contributed by atoms with Gasteiger partial charge in [-0.2, -0.15) is 0 Å². The Bertz CT molecular complexity index is 1480. The lowest BCUT2D eigenvalue weighted by atomic mass is 9.98. The molecule has 1 atom stereocenters. The van der Waals surface area contributed by atoms with E-state index in [4.69, 9.17) is 20.7 Å². The van der Waals surface area contributed by atoms with Crippen molar-refractivity contribution in [2.45, 2.75) is 59.6 Å². The van der Waals surface area contributed by atoms with Crippen molar-refractivity contribution in [1.29, 1.82) is 0 Å². The number of hydrogen-bond donors (Lipinski definition) is 3. The van der Waals surface area contributed by atoms with Gasteiger partial charge >= 0.3 is 5.97 Å². The van der Waals surface area contributed by atoms with Crippen LogP contribution in [-0.2, 0) is 9.53 Å². The Morgan fingerprint density at radius 3 is 2.61 bits per heavy atom. The number of fused-ring (bicyclic) bond motifs is 3. The van der Waals surface area contributed by atoms with Crippen molar-refractivity contribution in [3.63, 3.8) is 0 Å². The summed E-state index contributed by atoms with van der Waals surface area (Å²) in [5.41, 5.74) is 11.2. The summed E-state index contributed by atoms with van der Waals surface area (Å²) in [5, 5.41) is 18.4. The molecule has 4 rings (SSSR count). The number of aryl methyl sites for hydroxylation is 2. The van der Waals surface area contributed by atoms with Gasteiger partial charge in [0.1, 0.15) is 29.0 Å². The number of aromatic nitrogens is 3. The van der Waals surface area contributed by atoms with Gasteiger partial charge in [-0.1, -0.05) is 24.0 Å². The minimum absolute atomic E-state index is 0.0434. The fraction of sp³-hybridized carbons (Fsp3) is 0.370. The molecular weight excluding hydrogens is 502 g/mol. The van der Waals surface area contributed by atoms with Gasteiger partial charge in [0.25, 0.3) is 0 Å². The van der Waals surface area contributed by atoms with Crippen LogP contribution in [0.2, 0.25) is 0 Å². The maximum absolute atomic E-state index is 12.9. The number of hydrogen-bond acceptors (Lipinski definition) is 8. The fourth-order valence-electron chi connectivity index (χ4n) is 4.08. The predicted molar refractivity (Wildman–Crippen MR) is 147 cm³/mol. The van der Waals surface area contributed by atoms with E-state index in [1.807, 2.05) is 56.5 Å². The van der Waals surface area contributed by atoms with E-state index in [1.54, 1.807) is 16.8 Å². The van der Waals surface area contributed by atoms with Gasteiger partial charge in [-0.3, -0.25) is 19.6 Å². The van der Waals surface area contributed by atoms with Crippen LogP contribution in [0.25, 0.3) is 5.00 Å². The van der Waals surface area contributed by atoms with Crippen LogP contribution in [0.5, 0.6) is 0 Å². The number of nitrogens with one attached hydrogen (secondary N) is 1. The first-order valence-electron chi connectivity index (χ1n) is 12.1. The predicted octanol–water partition coefficient (Wildman–Crippen LogP) is 3.52. The van der Waals surface area contributed by atoms with Crippen molar-refractivity contribution in [2.24, 2.45) is 15.7 Å². The molecule has 0 saturated heterocycles. The van der Waals surface area contributed by atoms with Gasteiger partial charge in [0.15, 0.2) is 5.82 Å². The molecule has 3 aromatic rings. The maximum atomic E-state index is 12.9. The van der Waals surface area contributed by atoms with E-state index in [-0.39, 0.29) is 24.9 Å². The summed E-state index contributed by atoms with van der Waals surface area (Å²) in [7, 11) is 0. The molecule has 1 aliphatic heterocycles. The zero-order chi connectivity index (χ0) is 27.6. The largest absolute Gasteiger partial charge is 0.460 e. The Hall–Kier alpha value is -4.01. The van der Waals surface area contributed by atoms with Gasteiger partial charge < -0.3 is 10.5 Å². The zero-order valence-corrected chi connectivity index (χ0v) is 23.1. The van der Waals surface area contributed by atoms with Crippen LogP contribution < -0.4 is 11.2 Å². The number of carbonyl (C=O) groups excluding carboxylic acids is 1. The first kappa shape index (κ1) is 27.0. The van der Waals surface area contributed by atoms with Crippen molar-refractivity contribution < 1.29 is 14.7 Å². The van der Waals surface area contributed by atoms with E-state index in [9.17, 15) is 4.79 Å². The number of esters is 1. The fourth-order valence-corrected chi connectivity index (χ4v) is 5.29. The van der Waals surface area contributed by atoms with Crippen LogP contribution in [0.3, 0.4) is 0 Å². The van der Waals surface area contributed by atoms with Crippen molar-refractivity contribution in [3.8, 4) is 16.8 Å². The molecule has 1 aliphatic rings. The lowest BCUT2D eigenvalue weighted by Crippen LogP contribution is -2.28. The first-order valence-corrected chi connectivity index (χ1v) is 12.9. The molecule has 0 bridgehead atoms. The number of ether oxygens (including phenoxy) is 1. The van der Waals surface area contributed by atoms with Gasteiger partial charge in [-0.05, 0) is 59.2 Å². The topological polar surface area (TPSA) is 140 Å². The molecule has 0 unspecified atom stereocenters. The standard InChI is InChI=1S/C27H31N7O3S/c1-15-16(2)38-25-22(15)23(19-11-9-18(10-12-19)8-7-13-29-26(28)33-36)30-20(14-21(35)37-27(4,5)6)24-32-31-17(3)34(24)25/h9-12,20,36H,13-14H2,1-6H3,(H3,28,29,33)/t20-/m0/s1. The van der Waals surface area contributed by atoms with Gasteiger partial charge in [0.2, 0.25) is 5.96 Å². The third-order valence-electron chi connectivity index (χ3n) is 5.85. The number of guanidine groups is 1. The van der Waals surface area contributed by atoms with Crippen molar-refractivity contribution in [1.82, 2.24) is 20.2 Å². The molecule has 4 N–H and O–H groups in total. The minimum atomic E-state index is -0.604. The van der Waals surface area contributed by atoms with Gasteiger partial charge in [0, 0.05) is 21.6 Å². The average Bonchev–Trinajstić information content (AvgIpc) is 3.33. The molecular formula is C27H31N7O3S. The quantitative estimate of drug-likeness (QED) is 0.153. The molecule has 0 amide bonds. The van der Waals surface area contributed by atoms with E-state index < -0.39 is 11.6 Å². The Morgan fingerprint density at radius 2 is 1.95 bits per heavy atom. The summed E-state index contributed by atoms with van der Waals surface area (Å²) in [5.74, 6) is 6.84. The Kier molecular flexibility index (Phi) is 7.66. The number of thiophene rings is 1. The summed E-state index contributed by atoms with van der Waals surface area (Å²) in [6, 6.07) is 7.19. The number of aliphatic imine (C=N–C) groups is 2. The van der Waals surface area contributed by atoms with Crippen LogP contribution >= 0.6 is 11.3 Å². The summed E-state index contributed by atoms with van der Waals surface area (Å²) >= 11 is 1.66. The highest BCUT2D eigenvalue weighted by molar-refractivity contribution is 7.15. The molecule has 1 aromatic carbocycles. The van der Waals surface area contributed by atoms with E-state index in [1.165, 1.54) is 4.88 Å². The van der Waals surface area contributed by atoms with Crippen LogP contribution in [0.1, 0.15) is 72.0 Å². The molecule has 0 saturated carbocycles. The Labute approximate surface area is 225 Å². The Morgan fingerprint density at radius 1 is 1.24 bits per heavy atom. The lowest BCUT2D eigenvalue weighted by molar-refractivity contribution is -0.155. The molecule has 0 aliphatic carbocycles. The summed E-state index contributed by atoms with van der Waals surface area (Å²) in [6.07, 6.45) is 0.0434. The Balaban J connectivity index is 1.77. The van der Waals surface area contributed by atoms with Crippen molar-refractivity contribution in [2.75, 3.05) is 6.54 Å². The number of nitrogens with zero attached hydrogens (tertiary/aromatic N) is 5. The summed E-state index contributed by atoms with van der Waals surface area (Å²) < 4.78 is 7.63. The number of nitrogens with two attached hydrogens (primary N) is 1. The van der Waals surface area contributed by atoms with E-state index in [2.05, 4.69) is 40.9 Å². The summed E-state index contributed by atoms with van der Waals surface area (Å²) in [6.45, 7) is 11.8. The highest BCUT2D eigenvalue weighted by Gasteiger charge is 2.33. The molecule has 10 nitrogen and oxygen atoms in total. The second kappa shape index (κ2) is 10.8. The highest BCUT2D eigenvalue weighted by Crippen LogP contribution is 2.39. The number of benzene rings is 1. The molecule has 0 radical (unpaired) electrons. The van der Waals surface area contributed by atoms with Gasteiger partial charge in [-0.25, -0.2) is 10.5 Å². The van der Waals surface area contributed by atoms with Crippen LogP contribution in [0.15, 0.2) is 34.3 Å². The molecule has 198 valence electrons. The van der Waals surface area contributed by atoms with Crippen LogP contribution in [0, 0.1) is 32.6 Å². The molecule has 0 fully saturated rings. The SMILES string of the molecule is Cc1sc2c(c1C)C(c1ccc(C#CCN=C(N)NO)cc1)=N[C@@H](CC(=O)OC(C)(C)C)c1nnc(C)n1-2. The van der Waals surface area contributed by atoms with E-state index in [0.717, 1.165) is 38.8 Å². The monoisotopic (exact) mass is 533 g/mol. The van der Waals surface area contributed by atoms with Crippen LogP contribution in [0.4, 0.5) is 0 Å². The zero-order valence-electron chi connectivity index (χ0n) is 22.3. The number of hydroxylamine groups is 1. The van der Waals surface area contributed by atoms with E-state index in [0.29, 0.717) is 5.82 Å². The van der Waals surface area contributed by atoms with Gasteiger partial charge in [0.05, 0.1) is 12.1 Å². The average molecular weight is 534 g/mol. The normalized spacial score (nSPS) is 15.0. The van der Waals surface area contributed by atoms with Crippen molar-refractivity contribution >= 4 is 29.0 Å². The molecule has 38 heavy (non-hydrogen) atoms. The second-order valence-corrected chi connectivity index (χ2v) is 11.1. The van der Waals surface area contributed by atoms with E-state index >= 15 is 0 Å². The maximum Gasteiger partial charge on any atom is 0.308 e. The highest BCUT2D eigenvalue weighted by atomic mass is 32.1. The smallest absolute Gasteiger partial charge is 0.308 e. The molecule has 3 heterocycles.